The number of carbonyl (C=O) groups excluding carboxylic acids is 3. The molecule has 15 nitrogen and oxygen atoms in total. The molecule has 2 aromatic heterocycles. The van der Waals surface area contributed by atoms with E-state index in [1.165, 1.54) is 16.8 Å². The van der Waals surface area contributed by atoms with Crippen LogP contribution in [-0.4, -0.2) is 56.0 Å². The quantitative estimate of drug-likeness (QED) is 0.158. The molecule has 2 bridgehead atoms. The van der Waals surface area contributed by atoms with Crippen molar-refractivity contribution in [2.45, 2.75) is 71.0 Å². The number of hydrogen-bond acceptors (Lipinski definition) is 10. The van der Waals surface area contributed by atoms with Crippen molar-refractivity contribution in [3.05, 3.63) is 84.6 Å². The zero-order valence-electron chi connectivity index (χ0n) is 27.5. The van der Waals surface area contributed by atoms with Gasteiger partial charge in [-0.3, -0.25) is 28.8 Å². The molecule has 3 amide bonds. The Morgan fingerprint density at radius 2 is 1.88 bits per heavy atom. The van der Waals surface area contributed by atoms with Crippen molar-refractivity contribution in [1.82, 2.24) is 25.2 Å². The van der Waals surface area contributed by atoms with Crippen LogP contribution in [0.1, 0.15) is 93.5 Å². The van der Waals surface area contributed by atoms with Crippen molar-refractivity contribution < 1.29 is 24.3 Å². The van der Waals surface area contributed by atoms with Gasteiger partial charge in [-0.25, -0.2) is 9.50 Å². The van der Waals surface area contributed by atoms with E-state index in [-0.39, 0.29) is 58.4 Å². The molecule has 15 heteroatoms. The van der Waals surface area contributed by atoms with Gasteiger partial charge < -0.3 is 32.1 Å². The molecular formula is C35H38N8O7. The number of nitrogens with two attached hydrogens (primary N) is 2. The maximum Gasteiger partial charge on any atom is 0.309 e. The lowest BCUT2D eigenvalue weighted by Gasteiger charge is -2.48. The number of aliphatic carboxylic acids is 1. The van der Waals surface area contributed by atoms with Crippen molar-refractivity contribution in [3.63, 3.8) is 0 Å². The number of carboxylic acids is 1. The van der Waals surface area contributed by atoms with Crippen LogP contribution in [0.5, 0.6) is 0 Å². The summed E-state index contributed by atoms with van der Waals surface area (Å²) in [4.78, 5) is 81.4. The number of fused-ring (bicyclic) bond motifs is 4. The Kier molecular flexibility index (Phi) is 8.15. The highest BCUT2D eigenvalue weighted by Gasteiger charge is 2.49. The second-order valence-corrected chi connectivity index (χ2v) is 14.0. The fourth-order valence-electron chi connectivity index (χ4n) is 8.34. The number of amides is 3. The Hall–Kier alpha value is -5.60. The zero-order valence-corrected chi connectivity index (χ0v) is 27.5. The summed E-state index contributed by atoms with van der Waals surface area (Å²) in [5, 5.41) is 20.0. The highest BCUT2D eigenvalue weighted by Crippen LogP contribution is 2.52. The van der Waals surface area contributed by atoms with Crippen LogP contribution in [-0.2, 0) is 24.3 Å². The average Bonchev–Trinajstić information content (AvgIpc) is 3.54. The molecule has 4 aromatic rings. The van der Waals surface area contributed by atoms with Crippen molar-refractivity contribution in [2.24, 2.45) is 23.0 Å². The second kappa shape index (κ2) is 12.4. The molecule has 3 aliphatic rings. The summed E-state index contributed by atoms with van der Waals surface area (Å²) >= 11 is 0. The number of carboxylic acid groups (broad SMARTS) is 1. The van der Waals surface area contributed by atoms with Gasteiger partial charge in [-0.2, -0.15) is 5.10 Å². The smallest absolute Gasteiger partial charge is 0.309 e. The van der Waals surface area contributed by atoms with Crippen molar-refractivity contribution in [3.8, 4) is 0 Å². The lowest BCUT2D eigenvalue weighted by Crippen LogP contribution is -2.49. The minimum absolute atomic E-state index is 0.00897. The number of carbonyl (C=O) groups is 4. The molecule has 260 valence electrons. The average molecular weight is 683 g/mol. The van der Waals surface area contributed by atoms with Crippen molar-refractivity contribution >= 4 is 40.7 Å². The zero-order chi connectivity index (χ0) is 35.5. The maximum absolute atomic E-state index is 13.8. The molecule has 2 aromatic carbocycles. The van der Waals surface area contributed by atoms with Crippen molar-refractivity contribution in [1.29, 1.82) is 0 Å². The fraction of sp³-hybridized carbons (Fsp3) is 0.429. The minimum atomic E-state index is -0.820. The van der Waals surface area contributed by atoms with E-state index < -0.39 is 40.0 Å². The highest BCUT2D eigenvalue weighted by atomic mass is 16.4. The molecule has 50 heavy (non-hydrogen) atoms. The van der Waals surface area contributed by atoms with E-state index in [0.717, 1.165) is 29.5 Å². The van der Waals surface area contributed by atoms with Gasteiger partial charge in [-0.05, 0) is 67.6 Å². The van der Waals surface area contributed by atoms with Crippen LogP contribution in [0.25, 0.3) is 5.65 Å². The summed E-state index contributed by atoms with van der Waals surface area (Å²) in [6.45, 7) is 2.96. The van der Waals surface area contributed by atoms with Crippen LogP contribution in [0, 0.1) is 17.3 Å². The monoisotopic (exact) mass is 682 g/mol. The number of aromatic nitrogens is 3. The van der Waals surface area contributed by atoms with Crippen LogP contribution in [0.2, 0.25) is 0 Å². The molecule has 0 spiro atoms. The number of rotatable bonds is 9. The van der Waals surface area contributed by atoms with E-state index in [1.807, 2.05) is 25.1 Å². The first kappa shape index (κ1) is 32.9. The molecule has 4 atom stereocenters. The van der Waals surface area contributed by atoms with E-state index >= 15 is 0 Å². The van der Waals surface area contributed by atoms with Gasteiger partial charge in [0.1, 0.15) is 28.3 Å². The fourth-order valence-corrected chi connectivity index (χ4v) is 8.34. The summed E-state index contributed by atoms with van der Waals surface area (Å²) < 4.78 is 1.19. The molecule has 2 fully saturated rings. The predicted molar refractivity (Wildman–Crippen MR) is 181 cm³/mol. The first-order valence-corrected chi connectivity index (χ1v) is 16.8. The summed E-state index contributed by atoms with van der Waals surface area (Å²) in [6, 6.07) is 6.79. The van der Waals surface area contributed by atoms with Crippen LogP contribution in [0.4, 0.5) is 11.4 Å². The Morgan fingerprint density at radius 3 is 2.62 bits per heavy atom. The first-order chi connectivity index (χ1) is 23.9. The first-order valence-electron chi connectivity index (χ1n) is 16.8. The topological polar surface area (TPSA) is 232 Å². The summed E-state index contributed by atoms with van der Waals surface area (Å²) in [5.74, 6) is -2.43. The third-order valence-electron chi connectivity index (χ3n) is 11.1. The molecule has 4 unspecified atom stereocenters. The van der Waals surface area contributed by atoms with E-state index in [0.29, 0.717) is 45.2 Å². The van der Waals surface area contributed by atoms with Crippen LogP contribution >= 0.6 is 0 Å². The van der Waals surface area contributed by atoms with Gasteiger partial charge in [0.25, 0.3) is 28.6 Å². The number of anilines is 2. The standard InChI is InChI=1S/C35H38N8O7/c1-17(22-6-9-35(34(49)50)8-2-3-20(22)13-35)40-33(48)25-12-24(41-31-23(30(37)46)15-39-43(25)31)32(47)38-14-18-4-5-19-7-10-42(16-21(19)11-18)27-26(36)28(44)29(27)45/h4-5,11-12,15,17,20,22H,2-3,6-10,13-14,16,36H2,1H3,(H2,37,46)(H,38,47)(H,40,48)(H,49,50). The lowest BCUT2D eigenvalue weighted by molar-refractivity contribution is -0.156. The third kappa shape index (κ3) is 5.55. The summed E-state index contributed by atoms with van der Waals surface area (Å²) in [6.07, 6.45) is 6.11. The predicted octanol–water partition coefficient (Wildman–Crippen LogP) is 1.29. The molecule has 7 rings (SSSR count). The number of primary amides is 1. The van der Waals surface area contributed by atoms with E-state index in [2.05, 4.69) is 20.7 Å². The van der Waals surface area contributed by atoms with Gasteiger partial charge in [0.15, 0.2) is 5.65 Å². The molecule has 3 heterocycles. The molecule has 0 saturated heterocycles. The highest BCUT2D eigenvalue weighted by molar-refractivity contribution is 6.02. The normalized spacial score (nSPS) is 22.1. The Balaban J connectivity index is 1.08. The van der Waals surface area contributed by atoms with Crippen molar-refractivity contribution in [2.75, 3.05) is 17.2 Å². The molecule has 1 aliphatic heterocycles. The molecular weight excluding hydrogens is 644 g/mol. The summed E-state index contributed by atoms with van der Waals surface area (Å²) in [5.41, 5.74) is 12.2. The maximum atomic E-state index is 13.8. The molecule has 0 radical (unpaired) electrons. The SMILES string of the molecule is CC(NC(=O)c1cc(C(=O)NCc2ccc3c(c2)CN(c2c(N)c(=O)c2=O)CC3)nc2c(C(N)=O)cnn12)C1CCC2(C(=O)O)CCCC1C2. The van der Waals surface area contributed by atoms with Crippen LogP contribution in [0.3, 0.4) is 0 Å². The Bertz CT molecular complexity index is 2150. The van der Waals surface area contributed by atoms with Crippen LogP contribution in [0.15, 0.2) is 40.1 Å². The minimum Gasteiger partial charge on any atom is -0.481 e. The van der Waals surface area contributed by atoms with Gasteiger partial charge in [0.05, 0.1) is 11.6 Å². The largest absolute Gasteiger partial charge is 0.481 e. The Morgan fingerprint density at radius 1 is 1.08 bits per heavy atom. The van der Waals surface area contributed by atoms with E-state index in [1.54, 1.807) is 4.90 Å². The molecule has 2 saturated carbocycles. The number of nitrogen functional groups attached to an aromatic ring is 1. The van der Waals surface area contributed by atoms with Gasteiger partial charge in [0.2, 0.25) is 0 Å². The lowest BCUT2D eigenvalue weighted by atomic mass is 9.57. The van der Waals surface area contributed by atoms with Gasteiger partial charge >= 0.3 is 5.97 Å². The van der Waals surface area contributed by atoms with Gasteiger partial charge in [-0.1, -0.05) is 31.0 Å². The number of benzene rings is 1. The van der Waals surface area contributed by atoms with E-state index in [9.17, 15) is 33.9 Å². The Labute approximate surface area is 285 Å². The third-order valence-corrected chi connectivity index (χ3v) is 11.1. The van der Waals surface area contributed by atoms with Gasteiger partial charge in [0, 0.05) is 31.7 Å². The second-order valence-electron chi connectivity index (χ2n) is 14.0. The summed E-state index contributed by atoms with van der Waals surface area (Å²) in [7, 11) is 0. The van der Waals surface area contributed by atoms with Crippen LogP contribution < -0.4 is 37.9 Å². The number of nitrogens with one attached hydrogen (secondary N) is 2. The molecule has 7 N–H and O–H groups in total. The number of nitrogens with zero attached hydrogens (tertiary/aromatic N) is 4. The van der Waals surface area contributed by atoms with E-state index in [4.69, 9.17) is 11.5 Å². The van der Waals surface area contributed by atoms with Gasteiger partial charge in [-0.15, -0.1) is 0 Å². The number of hydrogen-bond donors (Lipinski definition) is 5. The molecule has 2 aliphatic carbocycles.